The quantitative estimate of drug-likeness (QED) is 0.355. The first kappa shape index (κ1) is 26.3. The van der Waals surface area contributed by atoms with E-state index in [9.17, 15) is 14.0 Å². The predicted molar refractivity (Wildman–Crippen MR) is 147 cm³/mol. The van der Waals surface area contributed by atoms with Gasteiger partial charge in [-0.25, -0.2) is 9.07 Å². The molecular weight excluding hydrogens is 499 g/mol. The minimum absolute atomic E-state index is 0.0674. The van der Waals surface area contributed by atoms with E-state index in [4.69, 9.17) is 4.74 Å². The molecule has 1 aromatic heterocycles. The first-order valence-electron chi connectivity index (χ1n) is 12.9. The van der Waals surface area contributed by atoms with Gasteiger partial charge < -0.3 is 15.0 Å². The third-order valence-corrected chi connectivity index (χ3v) is 6.84. The minimum atomic E-state index is -1.02. The van der Waals surface area contributed by atoms with Gasteiger partial charge in [0.1, 0.15) is 23.9 Å². The summed E-state index contributed by atoms with van der Waals surface area (Å²) >= 11 is 0. The molecule has 0 saturated carbocycles. The SMILES string of the molecule is CN(C)c1ccc([C@@H](C(=O)NC[C@H]2CCCO2)N(C(=O)Cn2nnc3ccccc32)c2ccc(F)cc2)cc1. The standard InChI is InChI=1S/C29H31FN6O3/c1-34(2)22-13-9-20(10-14-22)28(29(38)31-18-24-6-5-17-39-24)36(23-15-11-21(30)12-16-23)27(37)19-35-26-8-4-3-7-25(26)32-33-35/h3-4,7-16,24,28H,5-6,17-19H2,1-2H3,(H,31,38)/t24-,28+/m1/s1. The Morgan fingerprint density at radius 3 is 2.46 bits per heavy atom. The van der Waals surface area contributed by atoms with E-state index in [2.05, 4.69) is 15.6 Å². The molecule has 0 radical (unpaired) electrons. The lowest BCUT2D eigenvalue weighted by molar-refractivity contribution is -0.127. The van der Waals surface area contributed by atoms with Crippen LogP contribution in [0.4, 0.5) is 15.8 Å². The average Bonchev–Trinajstić information content (AvgIpc) is 3.61. The molecule has 5 rings (SSSR count). The Balaban J connectivity index is 1.54. The summed E-state index contributed by atoms with van der Waals surface area (Å²) < 4.78 is 21.1. The Hall–Kier alpha value is -4.31. The van der Waals surface area contributed by atoms with Crippen LogP contribution in [0, 0.1) is 5.82 Å². The molecule has 0 unspecified atom stereocenters. The highest BCUT2D eigenvalue weighted by atomic mass is 19.1. The van der Waals surface area contributed by atoms with Crippen molar-refractivity contribution in [1.82, 2.24) is 20.3 Å². The van der Waals surface area contributed by atoms with Crippen molar-refractivity contribution in [2.24, 2.45) is 0 Å². The van der Waals surface area contributed by atoms with E-state index in [0.29, 0.717) is 35.4 Å². The summed E-state index contributed by atoms with van der Waals surface area (Å²) in [6, 6.07) is 19.3. The molecule has 1 fully saturated rings. The van der Waals surface area contributed by atoms with Crippen LogP contribution in [0.1, 0.15) is 24.4 Å². The average molecular weight is 531 g/mol. The minimum Gasteiger partial charge on any atom is -0.378 e. The van der Waals surface area contributed by atoms with E-state index in [1.54, 1.807) is 0 Å². The van der Waals surface area contributed by atoms with Gasteiger partial charge in [0.05, 0.1) is 11.6 Å². The molecule has 9 nitrogen and oxygen atoms in total. The molecule has 1 saturated heterocycles. The number of nitrogens with zero attached hydrogens (tertiary/aromatic N) is 5. The number of carbonyl (C=O) groups excluding carboxylic acids is 2. The molecule has 2 amide bonds. The third-order valence-electron chi connectivity index (χ3n) is 6.84. The summed E-state index contributed by atoms with van der Waals surface area (Å²) in [4.78, 5) is 31.2. The zero-order valence-electron chi connectivity index (χ0n) is 22.0. The van der Waals surface area contributed by atoms with Crippen molar-refractivity contribution in [2.75, 3.05) is 37.0 Å². The second kappa shape index (κ2) is 11.6. The number of carbonyl (C=O) groups is 2. The van der Waals surface area contributed by atoms with Crippen LogP contribution in [0.25, 0.3) is 11.0 Å². The highest BCUT2D eigenvalue weighted by Crippen LogP contribution is 2.30. The van der Waals surface area contributed by atoms with Gasteiger partial charge in [-0.05, 0) is 66.9 Å². The topological polar surface area (TPSA) is 92.6 Å². The van der Waals surface area contributed by atoms with Gasteiger partial charge in [0.25, 0.3) is 0 Å². The number of ether oxygens (including phenoxy) is 1. The first-order chi connectivity index (χ1) is 18.9. The van der Waals surface area contributed by atoms with Crippen molar-refractivity contribution in [3.63, 3.8) is 0 Å². The number of anilines is 2. The second-order valence-electron chi connectivity index (χ2n) is 9.74. The number of nitrogens with one attached hydrogen (secondary N) is 1. The number of hydrogen-bond acceptors (Lipinski definition) is 6. The summed E-state index contributed by atoms with van der Waals surface area (Å²) in [6.07, 6.45) is 1.74. The lowest BCUT2D eigenvalue weighted by Crippen LogP contribution is -2.46. The largest absolute Gasteiger partial charge is 0.378 e. The molecular formula is C29H31FN6O3. The molecule has 2 atom stereocenters. The van der Waals surface area contributed by atoms with Crippen molar-refractivity contribution in [3.05, 3.63) is 84.2 Å². The maximum atomic E-state index is 14.0. The van der Waals surface area contributed by atoms with Crippen molar-refractivity contribution in [2.45, 2.75) is 31.5 Å². The zero-order valence-corrected chi connectivity index (χ0v) is 22.0. The Kier molecular flexibility index (Phi) is 7.83. The molecule has 4 aromatic rings. The smallest absolute Gasteiger partial charge is 0.249 e. The molecule has 2 heterocycles. The number of rotatable bonds is 9. The molecule has 3 aromatic carbocycles. The zero-order chi connectivity index (χ0) is 27.4. The third kappa shape index (κ3) is 5.91. The summed E-state index contributed by atoms with van der Waals surface area (Å²) in [5.41, 5.74) is 3.31. The van der Waals surface area contributed by atoms with Crippen molar-refractivity contribution >= 4 is 34.2 Å². The van der Waals surface area contributed by atoms with Crippen molar-refractivity contribution < 1.29 is 18.7 Å². The van der Waals surface area contributed by atoms with Crippen LogP contribution in [-0.4, -0.2) is 60.2 Å². The van der Waals surface area contributed by atoms with E-state index in [0.717, 1.165) is 18.5 Å². The Bertz CT molecular complexity index is 1430. The summed E-state index contributed by atoms with van der Waals surface area (Å²) in [5.74, 6) is -1.20. The summed E-state index contributed by atoms with van der Waals surface area (Å²) in [5, 5.41) is 11.3. The molecule has 1 aliphatic rings. The normalized spacial score (nSPS) is 15.7. The number of halogens is 1. The molecule has 202 valence electrons. The second-order valence-corrected chi connectivity index (χ2v) is 9.74. The molecule has 10 heteroatoms. The van der Waals surface area contributed by atoms with Gasteiger partial charge in [0.2, 0.25) is 11.8 Å². The van der Waals surface area contributed by atoms with E-state index in [1.165, 1.54) is 33.8 Å². The molecule has 1 aliphatic heterocycles. The molecule has 0 aliphatic carbocycles. The fourth-order valence-electron chi connectivity index (χ4n) is 4.77. The summed E-state index contributed by atoms with van der Waals surface area (Å²) in [7, 11) is 3.86. The first-order valence-corrected chi connectivity index (χ1v) is 12.9. The Morgan fingerprint density at radius 2 is 1.77 bits per heavy atom. The van der Waals surface area contributed by atoms with Crippen molar-refractivity contribution in [3.8, 4) is 0 Å². The number of amides is 2. The monoisotopic (exact) mass is 530 g/mol. The Morgan fingerprint density at radius 1 is 1.05 bits per heavy atom. The van der Waals surface area contributed by atoms with Gasteiger partial charge in [-0.3, -0.25) is 14.5 Å². The predicted octanol–water partition coefficient (Wildman–Crippen LogP) is 3.71. The Labute approximate surface area is 226 Å². The summed E-state index contributed by atoms with van der Waals surface area (Å²) in [6.45, 7) is 0.843. The van der Waals surface area contributed by atoms with Gasteiger partial charge in [-0.1, -0.05) is 29.5 Å². The van der Waals surface area contributed by atoms with Crippen LogP contribution < -0.4 is 15.1 Å². The van der Waals surface area contributed by atoms with E-state index >= 15 is 0 Å². The van der Waals surface area contributed by atoms with Gasteiger partial charge in [0, 0.05) is 38.6 Å². The van der Waals surface area contributed by atoms with Crippen LogP contribution in [-0.2, 0) is 20.9 Å². The van der Waals surface area contributed by atoms with Crippen molar-refractivity contribution in [1.29, 1.82) is 0 Å². The van der Waals surface area contributed by atoms with E-state index in [-0.39, 0.29) is 18.6 Å². The highest BCUT2D eigenvalue weighted by molar-refractivity contribution is 6.01. The lowest BCUT2D eigenvalue weighted by Gasteiger charge is -2.32. The van der Waals surface area contributed by atoms with E-state index in [1.807, 2.05) is 67.5 Å². The number of benzene rings is 3. The van der Waals surface area contributed by atoms with Crippen LogP contribution in [0.3, 0.4) is 0 Å². The number of para-hydroxylation sites is 1. The maximum absolute atomic E-state index is 14.0. The molecule has 0 bridgehead atoms. The fraction of sp³-hybridized carbons (Fsp3) is 0.310. The number of aromatic nitrogens is 3. The molecule has 0 spiro atoms. The van der Waals surface area contributed by atoms with Crippen LogP contribution in [0.5, 0.6) is 0 Å². The van der Waals surface area contributed by atoms with Gasteiger partial charge in [0.15, 0.2) is 0 Å². The van der Waals surface area contributed by atoms with Crippen LogP contribution >= 0.6 is 0 Å². The van der Waals surface area contributed by atoms with Gasteiger partial charge in [-0.15, -0.1) is 5.10 Å². The fourth-order valence-corrected chi connectivity index (χ4v) is 4.77. The lowest BCUT2D eigenvalue weighted by atomic mass is 10.0. The van der Waals surface area contributed by atoms with E-state index < -0.39 is 17.8 Å². The van der Waals surface area contributed by atoms with Crippen LogP contribution in [0.2, 0.25) is 0 Å². The maximum Gasteiger partial charge on any atom is 0.249 e. The highest BCUT2D eigenvalue weighted by Gasteiger charge is 2.34. The van der Waals surface area contributed by atoms with Gasteiger partial charge in [-0.2, -0.15) is 0 Å². The van der Waals surface area contributed by atoms with Crippen LogP contribution in [0.15, 0.2) is 72.8 Å². The number of fused-ring (bicyclic) bond motifs is 1. The number of hydrogen-bond donors (Lipinski definition) is 1. The molecule has 39 heavy (non-hydrogen) atoms. The molecule has 1 N–H and O–H groups in total. The van der Waals surface area contributed by atoms with Gasteiger partial charge >= 0.3 is 0 Å².